The Morgan fingerprint density at radius 3 is 1.48 bits per heavy atom. The number of rotatable bonds is 16. The summed E-state index contributed by atoms with van der Waals surface area (Å²) in [6, 6.07) is 26.0. The van der Waals surface area contributed by atoms with Crippen LogP contribution in [0.4, 0.5) is 25.8 Å². The molecule has 7 N–H and O–H groups in total. The van der Waals surface area contributed by atoms with Gasteiger partial charge in [-0.05, 0) is 68.3 Å². The van der Waals surface area contributed by atoms with Crippen molar-refractivity contribution in [1.29, 1.82) is 0 Å². The Bertz CT molecular complexity index is 2070. The number of carbonyl (C=O) groups is 7. The SMILES string of the molecule is CC(C)(C)OC(=O)N[C@H](CNC(=O)OCc1ccccc1)C(=O)Nc1cccc(C(=O)N[C@H](CNC(=O)OCc2ccccc2)C(=O)Nc2cccc(C(=O)O)c2)c1. The lowest BCUT2D eigenvalue weighted by Gasteiger charge is -2.23. The molecule has 0 unspecified atom stereocenters. The first-order valence-electron chi connectivity index (χ1n) is 17.9. The monoisotopic (exact) mass is 796 g/mol. The summed E-state index contributed by atoms with van der Waals surface area (Å²) >= 11 is 0. The van der Waals surface area contributed by atoms with E-state index in [0.717, 1.165) is 11.1 Å². The Morgan fingerprint density at radius 1 is 0.569 bits per heavy atom. The maximum absolute atomic E-state index is 13.5. The van der Waals surface area contributed by atoms with Gasteiger partial charge in [-0.1, -0.05) is 72.8 Å². The van der Waals surface area contributed by atoms with E-state index in [-0.39, 0.29) is 35.7 Å². The summed E-state index contributed by atoms with van der Waals surface area (Å²) in [4.78, 5) is 89.6. The molecule has 0 aliphatic rings. The molecule has 17 heteroatoms. The molecular formula is C41H44N6O11. The van der Waals surface area contributed by atoms with Crippen molar-refractivity contribution < 1.29 is 52.9 Å². The predicted octanol–water partition coefficient (Wildman–Crippen LogP) is 4.81. The van der Waals surface area contributed by atoms with E-state index in [0.29, 0.717) is 0 Å². The van der Waals surface area contributed by atoms with Gasteiger partial charge in [0.15, 0.2) is 0 Å². The van der Waals surface area contributed by atoms with Crippen LogP contribution in [0.1, 0.15) is 52.6 Å². The third-order valence-corrected chi connectivity index (χ3v) is 7.73. The summed E-state index contributed by atoms with van der Waals surface area (Å²) in [5.41, 5.74) is 0.664. The van der Waals surface area contributed by atoms with Crippen molar-refractivity contribution in [2.45, 2.75) is 51.7 Å². The highest BCUT2D eigenvalue weighted by atomic mass is 16.6. The maximum Gasteiger partial charge on any atom is 0.408 e. The van der Waals surface area contributed by atoms with Gasteiger partial charge < -0.3 is 51.2 Å². The van der Waals surface area contributed by atoms with Gasteiger partial charge in [0.05, 0.1) is 18.7 Å². The molecule has 0 radical (unpaired) electrons. The number of carboxylic acid groups (broad SMARTS) is 1. The zero-order chi connectivity index (χ0) is 42.1. The molecule has 58 heavy (non-hydrogen) atoms. The second kappa shape index (κ2) is 21.0. The fourth-order valence-corrected chi connectivity index (χ4v) is 4.96. The number of ether oxygens (including phenoxy) is 3. The summed E-state index contributed by atoms with van der Waals surface area (Å²) in [6.07, 6.45) is -2.66. The number of alkyl carbamates (subject to hydrolysis) is 3. The largest absolute Gasteiger partial charge is 0.478 e. The van der Waals surface area contributed by atoms with Crippen molar-refractivity contribution in [3.8, 4) is 0 Å². The molecule has 2 atom stereocenters. The summed E-state index contributed by atoms with van der Waals surface area (Å²) in [5, 5.41) is 24.4. The molecule has 0 spiro atoms. The number of nitrogens with one attached hydrogen (secondary N) is 6. The third-order valence-electron chi connectivity index (χ3n) is 7.73. The highest BCUT2D eigenvalue weighted by Gasteiger charge is 2.27. The van der Waals surface area contributed by atoms with Gasteiger partial charge in [-0.2, -0.15) is 0 Å². The number of carbonyl (C=O) groups excluding carboxylic acids is 6. The van der Waals surface area contributed by atoms with Crippen molar-refractivity contribution >= 4 is 53.3 Å². The minimum atomic E-state index is -1.40. The van der Waals surface area contributed by atoms with Crippen LogP contribution in [0.3, 0.4) is 0 Å². The van der Waals surface area contributed by atoms with Crippen LogP contribution < -0.4 is 31.9 Å². The smallest absolute Gasteiger partial charge is 0.408 e. The minimum absolute atomic E-state index is 0.0191. The quantitative estimate of drug-likeness (QED) is 0.0760. The molecular weight excluding hydrogens is 752 g/mol. The van der Waals surface area contributed by atoms with Gasteiger partial charge >= 0.3 is 24.2 Å². The molecule has 4 aromatic carbocycles. The van der Waals surface area contributed by atoms with E-state index in [1.165, 1.54) is 48.5 Å². The van der Waals surface area contributed by atoms with E-state index in [1.807, 2.05) is 6.07 Å². The van der Waals surface area contributed by atoms with E-state index >= 15 is 0 Å². The Balaban J connectivity index is 1.45. The van der Waals surface area contributed by atoms with E-state index < -0.39 is 72.7 Å². The van der Waals surface area contributed by atoms with Gasteiger partial charge in [-0.3, -0.25) is 14.4 Å². The van der Waals surface area contributed by atoms with Crippen LogP contribution in [-0.4, -0.2) is 77.9 Å². The Hall–Kier alpha value is -7.43. The van der Waals surface area contributed by atoms with Crippen LogP contribution in [0.25, 0.3) is 0 Å². The van der Waals surface area contributed by atoms with Crippen molar-refractivity contribution in [2.24, 2.45) is 0 Å². The molecule has 0 aliphatic heterocycles. The van der Waals surface area contributed by atoms with Crippen LogP contribution in [0, 0.1) is 0 Å². The second-order valence-electron chi connectivity index (χ2n) is 13.6. The lowest BCUT2D eigenvalue weighted by atomic mass is 10.1. The van der Waals surface area contributed by atoms with E-state index in [2.05, 4.69) is 31.9 Å². The maximum atomic E-state index is 13.5. The second-order valence-corrected chi connectivity index (χ2v) is 13.6. The normalized spacial score (nSPS) is 11.7. The van der Waals surface area contributed by atoms with E-state index in [9.17, 15) is 38.7 Å². The Labute approximate surface area is 333 Å². The lowest BCUT2D eigenvalue weighted by Crippen LogP contribution is -2.51. The van der Waals surface area contributed by atoms with Crippen molar-refractivity contribution in [3.63, 3.8) is 0 Å². The number of hydrogen-bond donors (Lipinski definition) is 7. The standard InChI is InChI=1S/C41H44N6O11/c1-41(2,3)58-40(55)47-33(23-43-39(54)57-25-27-14-8-5-9-15-27)36(50)44-30-18-10-16-28(20-30)34(48)46-32(22-42-38(53)56-24-26-12-6-4-7-13-26)35(49)45-31-19-11-17-29(21-31)37(51)52/h4-21,32-33H,22-25H2,1-3H3,(H,42,53)(H,43,54)(H,44,50)(H,45,49)(H,46,48)(H,47,55)(H,51,52)/t32-,33-/m1/s1. The topological polar surface area (TPSA) is 240 Å². The van der Waals surface area contributed by atoms with Crippen LogP contribution in [0.5, 0.6) is 0 Å². The third kappa shape index (κ3) is 15.0. The molecule has 0 heterocycles. The number of anilines is 2. The molecule has 0 saturated heterocycles. The van der Waals surface area contributed by atoms with Gasteiger partial charge in [-0.25, -0.2) is 19.2 Å². The van der Waals surface area contributed by atoms with Gasteiger partial charge in [0.25, 0.3) is 5.91 Å². The van der Waals surface area contributed by atoms with Crippen LogP contribution >= 0.6 is 0 Å². The fraction of sp³-hybridized carbons (Fsp3) is 0.244. The molecule has 304 valence electrons. The Morgan fingerprint density at radius 2 is 1.02 bits per heavy atom. The fourth-order valence-electron chi connectivity index (χ4n) is 4.96. The number of benzene rings is 4. The lowest BCUT2D eigenvalue weighted by molar-refractivity contribution is -0.118. The van der Waals surface area contributed by atoms with Gasteiger partial charge in [0, 0.05) is 16.9 Å². The summed E-state index contributed by atoms with van der Waals surface area (Å²) < 4.78 is 15.7. The number of aromatic carboxylic acids is 1. The number of amides is 6. The number of hydrogen-bond acceptors (Lipinski definition) is 10. The molecule has 6 amide bonds. The molecule has 0 aliphatic carbocycles. The number of carboxylic acids is 1. The zero-order valence-electron chi connectivity index (χ0n) is 31.9. The van der Waals surface area contributed by atoms with Gasteiger partial charge in [0.2, 0.25) is 11.8 Å². The molecule has 17 nitrogen and oxygen atoms in total. The predicted molar refractivity (Wildman–Crippen MR) is 211 cm³/mol. The van der Waals surface area contributed by atoms with Crippen LogP contribution in [-0.2, 0) is 37.0 Å². The highest BCUT2D eigenvalue weighted by Crippen LogP contribution is 2.14. The average Bonchev–Trinajstić information content (AvgIpc) is 3.19. The average molecular weight is 797 g/mol. The van der Waals surface area contributed by atoms with Crippen LogP contribution in [0.15, 0.2) is 109 Å². The first-order chi connectivity index (χ1) is 27.6. The van der Waals surface area contributed by atoms with E-state index in [1.54, 1.807) is 75.4 Å². The minimum Gasteiger partial charge on any atom is -0.478 e. The van der Waals surface area contributed by atoms with Crippen molar-refractivity contribution in [2.75, 3.05) is 23.7 Å². The van der Waals surface area contributed by atoms with Gasteiger partial charge in [-0.15, -0.1) is 0 Å². The van der Waals surface area contributed by atoms with E-state index in [4.69, 9.17) is 14.2 Å². The van der Waals surface area contributed by atoms with Gasteiger partial charge in [0.1, 0.15) is 30.9 Å². The zero-order valence-corrected chi connectivity index (χ0v) is 31.9. The highest BCUT2D eigenvalue weighted by molar-refractivity contribution is 6.03. The summed E-state index contributed by atoms with van der Waals surface area (Å²) in [5.74, 6) is -3.60. The molecule has 4 aromatic rings. The van der Waals surface area contributed by atoms with Crippen molar-refractivity contribution in [1.82, 2.24) is 21.3 Å². The summed E-state index contributed by atoms with van der Waals surface area (Å²) in [7, 11) is 0. The summed E-state index contributed by atoms with van der Waals surface area (Å²) in [6.45, 7) is 3.99. The van der Waals surface area contributed by atoms with Crippen molar-refractivity contribution in [3.05, 3.63) is 131 Å². The molecule has 0 fully saturated rings. The first-order valence-corrected chi connectivity index (χ1v) is 17.9. The molecule has 0 aromatic heterocycles. The molecule has 4 rings (SSSR count). The Kier molecular flexibility index (Phi) is 15.7. The molecule has 0 bridgehead atoms. The molecule has 0 saturated carbocycles. The first kappa shape index (κ1) is 43.3. The van der Waals surface area contributed by atoms with Crippen LogP contribution in [0.2, 0.25) is 0 Å².